The van der Waals surface area contributed by atoms with Gasteiger partial charge >= 0.3 is 0 Å². The molecule has 7 heteroatoms. The Bertz CT molecular complexity index is 1270. The van der Waals surface area contributed by atoms with E-state index in [1.54, 1.807) is 17.5 Å². The lowest BCUT2D eigenvalue weighted by Crippen LogP contribution is -2.44. The van der Waals surface area contributed by atoms with Crippen LogP contribution in [0.4, 0.5) is 5.82 Å². The Balaban J connectivity index is 1.61. The molecule has 4 aromatic rings. The molecule has 1 aliphatic carbocycles. The van der Waals surface area contributed by atoms with E-state index in [2.05, 4.69) is 39.0 Å². The Hall–Kier alpha value is -2.95. The van der Waals surface area contributed by atoms with Crippen molar-refractivity contribution < 1.29 is 4.74 Å². The lowest BCUT2D eigenvalue weighted by Gasteiger charge is -2.34. The monoisotopic (exact) mass is 387 g/mol. The van der Waals surface area contributed by atoms with E-state index in [0.717, 1.165) is 45.0 Å². The van der Waals surface area contributed by atoms with Crippen LogP contribution in [-0.2, 0) is 4.74 Å². The Labute approximate surface area is 165 Å². The van der Waals surface area contributed by atoms with Gasteiger partial charge in [-0.2, -0.15) is 0 Å². The van der Waals surface area contributed by atoms with E-state index in [9.17, 15) is 0 Å². The van der Waals surface area contributed by atoms with Crippen LogP contribution in [0.3, 0.4) is 0 Å². The van der Waals surface area contributed by atoms with Crippen molar-refractivity contribution >= 4 is 38.4 Å². The molecule has 0 saturated carbocycles. The van der Waals surface area contributed by atoms with Crippen LogP contribution >= 0.6 is 11.3 Å². The van der Waals surface area contributed by atoms with Crippen molar-refractivity contribution in [2.75, 3.05) is 24.7 Å². The number of aromatic amines is 1. The number of morpholine rings is 1. The van der Waals surface area contributed by atoms with Crippen molar-refractivity contribution in [2.45, 2.75) is 18.9 Å². The fourth-order valence-electron chi connectivity index (χ4n) is 3.84. The van der Waals surface area contributed by atoms with Crippen LogP contribution in [-0.4, -0.2) is 45.7 Å². The van der Waals surface area contributed by atoms with Gasteiger partial charge in [-0.05, 0) is 24.4 Å². The standard InChI is InChI=1S/C21H17N5OS/c1-12-10-27-9-8-26(12)21-18-17(16(11-28-18)13-2-3-13)24-20(25-21)15-5-7-23-19-14(15)4-6-22-19/h4-7,11-13H,8-10H2,1H3,(H,22,23)/t12-/m1/s1. The van der Waals surface area contributed by atoms with Crippen LogP contribution in [0.2, 0.25) is 0 Å². The highest BCUT2D eigenvalue weighted by Gasteiger charge is 2.27. The van der Waals surface area contributed by atoms with E-state index < -0.39 is 0 Å². The third-order valence-electron chi connectivity index (χ3n) is 5.37. The number of hydrogen-bond donors (Lipinski definition) is 1. The highest BCUT2D eigenvalue weighted by Crippen LogP contribution is 2.40. The summed E-state index contributed by atoms with van der Waals surface area (Å²) in [5.41, 5.74) is 4.01. The molecule has 4 aromatic heterocycles. The fraction of sp³-hybridized carbons (Fsp3) is 0.286. The summed E-state index contributed by atoms with van der Waals surface area (Å²) in [5, 5.41) is 3.20. The van der Waals surface area contributed by atoms with Gasteiger partial charge in [0.1, 0.15) is 11.6 Å². The van der Waals surface area contributed by atoms with Gasteiger partial charge in [-0.3, -0.25) is 0 Å². The van der Waals surface area contributed by atoms with Crippen LogP contribution < -0.4 is 4.90 Å². The molecular formula is C21H17N5OS. The van der Waals surface area contributed by atoms with E-state index in [1.807, 2.05) is 18.3 Å². The predicted molar refractivity (Wildman–Crippen MR) is 111 cm³/mol. The normalized spacial score (nSPS) is 19.2. The first-order valence-corrected chi connectivity index (χ1v) is 10.2. The number of nitrogens with one attached hydrogen (secondary N) is 1. The van der Waals surface area contributed by atoms with E-state index >= 15 is 0 Å². The second-order valence-electron chi connectivity index (χ2n) is 7.18. The van der Waals surface area contributed by atoms with E-state index in [-0.39, 0.29) is 12.0 Å². The van der Waals surface area contributed by atoms with Gasteiger partial charge in [0.2, 0.25) is 0 Å². The fourth-order valence-corrected chi connectivity index (χ4v) is 4.87. The Kier molecular flexibility index (Phi) is 3.45. The smallest absolute Gasteiger partial charge is 0.163 e. The summed E-state index contributed by atoms with van der Waals surface area (Å²) >= 11 is 1.71. The quantitative estimate of drug-likeness (QED) is 0.545. The van der Waals surface area contributed by atoms with Gasteiger partial charge in [-0.25, -0.2) is 15.0 Å². The van der Waals surface area contributed by atoms with Crippen molar-refractivity contribution in [3.05, 3.63) is 35.5 Å². The lowest BCUT2D eigenvalue weighted by atomic mass is 10.1. The highest BCUT2D eigenvalue weighted by atomic mass is 32.1. The maximum Gasteiger partial charge on any atom is 0.163 e. The molecule has 6 nitrogen and oxygen atoms in total. The number of ether oxygens (including phenoxy) is 1. The van der Waals surface area contributed by atoms with E-state index in [1.165, 1.54) is 5.56 Å². The summed E-state index contributed by atoms with van der Waals surface area (Å²) < 4.78 is 6.77. The molecule has 0 spiro atoms. The molecule has 1 fully saturated rings. The number of pyridine rings is 1. The summed E-state index contributed by atoms with van der Waals surface area (Å²) in [5.74, 6) is 8.23. The van der Waals surface area contributed by atoms with Crippen molar-refractivity contribution in [3.8, 4) is 23.2 Å². The average Bonchev–Trinajstić information content (AvgIpc) is 3.28. The number of hydrogen-bond acceptors (Lipinski definition) is 6. The van der Waals surface area contributed by atoms with Gasteiger partial charge in [0.15, 0.2) is 11.6 Å². The largest absolute Gasteiger partial charge is 0.377 e. The highest BCUT2D eigenvalue weighted by molar-refractivity contribution is 7.18. The van der Waals surface area contributed by atoms with Gasteiger partial charge < -0.3 is 14.6 Å². The molecule has 2 aliphatic rings. The molecule has 1 N–H and O–H groups in total. The van der Waals surface area contributed by atoms with E-state index in [4.69, 9.17) is 14.7 Å². The van der Waals surface area contributed by atoms with Gasteiger partial charge in [-0.15, -0.1) is 11.3 Å². The second-order valence-corrected chi connectivity index (χ2v) is 8.06. The maximum absolute atomic E-state index is 5.65. The van der Waals surface area contributed by atoms with Gasteiger partial charge in [0.05, 0.1) is 29.5 Å². The molecule has 0 unspecified atom stereocenters. The maximum atomic E-state index is 5.65. The molecule has 0 bridgehead atoms. The molecule has 138 valence electrons. The lowest BCUT2D eigenvalue weighted by molar-refractivity contribution is 0.0987. The molecule has 0 amide bonds. The van der Waals surface area contributed by atoms with Crippen molar-refractivity contribution in [3.63, 3.8) is 0 Å². The SMILES string of the molecule is C[C@@H]1COCCN1c1nc(-c2ccnc3[nH]ccc23)nc2c(C3C#C3)csc12. The summed E-state index contributed by atoms with van der Waals surface area (Å²) in [7, 11) is 0. The molecule has 1 atom stereocenters. The third kappa shape index (κ3) is 2.42. The van der Waals surface area contributed by atoms with Crippen LogP contribution in [0, 0.1) is 11.8 Å². The zero-order chi connectivity index (χ0) is 18.7. The number of H-pyrrole nitrogens is 1. The molecule has 0 radical (unpaired) electrons. The van der Waals surface area contributed by atoms with Crippen LogP contribution in [0.15, 0.2) is 29.9 Å². The van der Waals surface area contributed by atoms with Crippen LogP contribution in [0.5, 0.6) is 0 Å². The summed E-state index contributed by atoms with van der Waals surface area (Å²) in [4.78, 5) is 20.0. The second kappa shape index (κ2) is 6.03. The Morgan fingerprint density at radius 2 is 2.21 bits per heavy atom. The number of thiophene rings is 1. The molecule has 1 aliphatic heterocycles. The minimum absolute atomic E-state index is 0.163. The zero-order valence-electron chi connectivity index (χ0n) is 15.3. The number of nitrogens with zero attached hydrogens (tertiary/aromatic N) is 4. The van der Waals surface area contributed by atoms with Gasteiger partial charge in [0, 0.05) is 35.5 Å². The zero-order valence-corrected chi connectivity index (χ0v) is 16.1. The average molecular weight is 387 g/mol. The number of fused-ring (bicyclic) bond motifs is 2. The summed E-state index contributed by atoms with van der Waals surface area (Å²) in [6, 6.07) is 4.29. The van der Waals surface area contributed by atoms with Crippen LogP contribution in [0.25, 0.3) is 32.6 Å². The van der Waals surface area contributed by atoms with Crippen molar-refractivity contribution in [1.82, 2.24) is 19.9 Å². The summed E-state index contributed by atoms with van der Waals surface area (Å²) in [6.45, 7) is 4.44. The van der Waals surface area contributed by atoms with E-state index in [0.29, 0.717) is 13.2 Å². The minimum atomic E-state index is 0.163. The number of aromatic nitrogens is 4. The predicted octanol–water partition coefficient (Wildman–Crippen LogP) is 3.56. The molecule has 28 heavy (non-hydrogen) atoms. The first-order chi connectivity index (χ1) is 13.8. The molecular weight excluding hydrogens is 370 g/mol. The first-order valence-electron chi connectivity index (χ1n) is 9.36. The van der Waals surface area contributed by atoms with Crippen molar-refractivity contribution in [2.24, 2.45) is 0 Å². The van der Waals surface area contributed by atoms with Gasteiger partial charge in [0.25, 0.3) is 0 Å². The molecule has 1 saturated heterocycles. The third-order valence-corrected chi connectivity index (χ3v) is 6.35. The topological polar surface area (TPSA) is 66.9 Å². The first kappa shape index (κ1) is 16.0. The number of rotatable bonds is 3. The molecule has 5 heterocycles. The summed E-state index contributed by atoms with van der Waals surface area (Å²) in [6.07, 6.45) is 3.70. The van der Waals surface area contributed by atoms with Crippen molar-refractivity contribution in [1.29, 1.82) is 0 Å². The van der Waals surface area contributed by atoms with Crippen LogP contribution in [0.1, 0.15) is 18.4 Å². The minimum Gasteiger partial charge on any atom is -0.377 e. The van der Waals surface area contributed by atoms with Gasteiger partial charge in [-0.1, -0.05) is 11.8 Å². The molecule has 6 rings (SSSR count). The molecule has 0 aromatic carbocycles. The Morgan fingerprint density at radius 3 is 3.07 bits per heavy atom. The Morgan fingerprint density at radius 1 is 1.29 bits per heavy atom. The number of anilines is 1.